The molecule has 3 aromatic rings. The molecule has 3 rings (SSSR count). The van der Waals surface area contributed by atoms with Crippen molar-refractivity contribution in [3.8, 4) is 11.5 Å². The fraction of sp³-hybridized carbons (Fsp3) is 0.409. The largest absolute Gasteiger partial charge is 0.489 e. The number of rotatable bonds is 13. The Labute approximate surface area is 191 Å². The van der Waals surface area contributed by atoms with Gasteiger partial charge in [-0.3, -0.25) is 4.57 Å². The highest BCUT2D eigenvalue weighted by atomic mass is 31.2. The Morgan fingerprint density at radius 2 is 1.88 bits per heavy atom. The zero-order chi connectivity index (χ0) is 23.8. The van der Waals surface area contributed by atoms with Crippen LogP contribution in [0, 0.1) is 0 Å². The van der Waals surface area contributed by atoms with Crippen LogP contribution >= 0.6 is 7.60 Å². The van der Waals surface area contributed by atoms with Gasteiger partial charge < -0.3 is 39.3 Å². The van der Waals surface area contributed by atoms with Gasteiger partial charge >= 0.3 is 13.3 Å². The van der Waals surface area contributed by atoms with E-state index in [2.05, 4.69) is 15.3 Å². The third kappa shape index (κ3) is 7.73. The van der Waals surface area contributed by atoms with Gasteiger partial charge in [-0.1, -0.05) is 18.2 Å². The molecule has 2 aromatic carbocycles. The van der Waals surface area contributed by atoms with E-state index in [1.165, 1.54) is 0 Å². The Kier molecular flexibility index (Phi) is 8.71. The highest BCUT2D eigenvalue weighted by Crippen LogP contribution is 2.41. The van der Waals surface area contributed by atoms with Crippen LogP contribution < -0.4 is 20.5 Å². The predicted octanol–water partition coefficient (Wildman–Crippen LogP) is 2.37. The number of hydrogen-bond acceptors (Lipinski definition) is 7. The number of aliphatic hydroxyl groups is 1. The lowest BCUT2D eigenvalue weighted by molar-refractivity contribution is 0.105. The molecule has 5 N–H and O–H groups in total. The van der Waals surface area contributed by atoms with Crippen molar-refractivity contribution >= 4 is 18.6 Å². The molecule has 10 nitrogen and oxygen atoms in total. The van der Waals surface area contributed by atoms with Crippen molar-refractivity contribution in [3.63, 3.8) is 0 Å². The highest BCUT2D eigenvalue weighted by Gasteiger charge is 2.19. The smallest absolute Gasteiger partial charge is 0.365 e. The van der Waals surface area contributed by atoms with Crippen LogP contribution in [0.25, 0.3) is 11.0 Å². The molecule has 0 fully saturated rings. The monoisotopic (exact) mass is 479 g/mol. The lowest BCUT2D eigenvalue weighted by Gasteiger charge is -2.18. The van der Waals surface area contributed by atoms with Crippen LogP contribution in [-0.4, -0.2) is 58.2 Å². The topological polar surface area (TPSA) is 146 Å². The third-order valence-corrected chi connectivity index (χ3v) is 5.95. The number of benzene rings is 2. The average molecular weight is 479 g/mol. The molecule has 0 spiro atoms. The van der Waals surface area contributed by atoms with Gasteiger partial charge in [0.1, 0.15) is 29.7 Å². The highest BCUT2D eigenvalue weighted by molar-refractivity contribution is 7.52. The van der Waals surface area contributed by atoms with E-state index in [1.54, 1.807) is 37.3 Å². The number of aromatic nitrogens is 2. The van der Waals surface area contributed by atoms with Crippen LogP contribution in [0.15, 0.2) is 47.3 Å². The number of aromatic amines is 2. The van der Waals surface area contributed by atoms with E-state index >= 15 is 0 Å². The standard InChI is InChI=1S/C22H30N3O7P/c1-3-32-33(28,29)14-31-18-9-7-16(8-10-18)11-15(2)23-12-17(26)13-30-20-6-4-5-19-21(20)25-22(27)24-19/h4-10,15,17,23,26H,3,11-14H2,1-2H3,(H,28,29)(H2,24,25,27). The van der Waals surface area contributed by atoms with E-state index in [4.69, 9.17) is 14.0 Å². The van der Waals surface area contributed by atoms with Crippen molar-refractivity contribution in [2.45, 2.75) is 32.4 Å². The molecular formula is C22H30N3O7P. The summed E-state index contributed by atoms with van der Waals surface area (Å²) in [4.78, 5) is 26.4. The van der Waals surface area contributed by atoms with Gasteiger partial charge in [-0.15, -0.1) is 0 Å². The first-order valence-electron chi connectivity index (χ1n) is 10.7. The van der Waals surface area contributed by atoms with E-state index in [9.17, 15) is 19.4 Å². The Hall–Kier alpha value is -2.62. The molecule has 1 heterocycles. The van der Waals surface area contributed by atoms with Crippen LogP contribution in [0.5, 0.6) is 11.5 Å². The van der Waals surface area contributed by atoms with Crippen molar-refractivity contribution < 1.29 is 28.6 Å². The third-order valence-electron chi connectivity index (χ3n) is 4.84. The van der Waals surface area contributed by atoms with E-state index in [1.807, 2.05) is 19.1 Å². The van der Waals surface area contributed by atoms with E-state index in [0.717, 1.165) is 12.0 Å². The summed E-state index contributed by atoms with van der Waals surface area (Å²) in [5.74, 6) is 0.985. The molecule has 11 heteroatoms. The first-order chi connectivity index (χ1) is 15.8. The maximum absolute atomic E-state index is 11.7. The number of H-pyrrole nitrogens is 2. The van der Waals surface area contributed by atoms with Gasteiger partial charge in [0, 0.05) is 12.6 Å². The molecular weight excluding hydrogens is 449 g/mol. The van der Waals surface area contributed by atoms with Gasteiger partial charge in [0.2, 0.25) is 0 Å². The number of ether oxygens (including phenoxy) is 2. The van der Waals surface area contributed by atoms with Crippen LogP contribution in [0.3, 0.4) is 0 Å². The maximum atomic E-state index is 11.7. The Bertz CT molecular complexity index is 1130. The van der Waals surface area contributed by atoms with Gasteiger partial charge in [-0.2, -0.15) is 0 Å². The van der Waals surface area contributed by atoms with Gasteiger partial charge in [-0.05, 0) is 50.1 Å². The zero-order valence-corrected chi connectivity index (χ0v) is 19.5. The fourth-order valence-corrected chi connectivity index (χ4v) is 4.07. The molecule has 0 aliphatic heterocycles. The fourth-order valence-electron chi connectivity index (χ4n) is 3.28. The number of para-hydroxylation sites is 1. The molecule has 0 aliphatic rings. The molecule has 33 heavy (non-hydrogen) atoms. The summed E-state index contributed by atoms with van der Waals surface area (Å²) in [6.07, 6.45) is -0.411. The number of imidazole rings is 1. The van der Waals surface area contributed by atoms with E-state index in [0.29, 0.717) is 29.1 Å². The van der Waals surface area contributed by atoms with Gasteiger partial charge in [0.15, 0.2) is 6.35 Å². The maximum Gasteiger partial charge on any atom is 0.365 e. The summed E-state index contributed by atoms with van der Waals surface area (Å²) < 4.78 is 27.4. The molecule has 0 saturated carbocycles. The molecule has 0 aliphatic carbocycles. The van der Waals surface area contributed by atoms with Gasteiger partial charge in [0.05, 0.1) is 12.1 Å². The summed E-state index contributed by atoms with van der Waals surface area (Å²) >= 11 is 0. The minimum Gasteiger partial charge on any atom is -0.489 e. The van der Waals surface area contributed by atoms with Crippen LogP contribution in [0.2, 0.25) is 0 Å². The van der Waals surface area contributed by atoms with Crippen molar-refractivity contribution in [2.24, 2.45) is 0 Å². The number of aliphatic hydroxyl groups excluding tert-OH is 1. The van der Waals surface area contributed by atoms with E-state index in [-0.39, 0.29) is 24.9 Å². The summed E-state index contributed by atoms with van der Waals surface area (Å²) in [7, 11) is -3.73. The Morgan fingerprint density at radius 3 is 2.61 bits per heavy atom. The molecule has 180 valence electrons. The van der Waals surface area contributed by atoms with E-state index < -0.39 is 20.0 Å². The number of hydrogen-bond donors (Lipinski definition) is 5. The molecule has 0 bridgehead atoms. The first-order valence-corrected chi connectivity index (χ1v) is 12.5. The summed E-state index contributed by atoms with van der Waals surface area (Å²) in [6.45, 7) is 4.21. The molecule has 3 atom stereocenters. The quantitative estimate of drug-likeness (QED) is 0.235. The molecule has 0 saturated heterocycles. The second-order valence-electron chi connectivity index (χ2n) is 7.71. The normalized spacial score (nSPS) is 15.2. The van der Waals surface area contributed by atoms with Crippen molar-refractivity contribution in [2.75, 3.05) is 26.1 Å². The average Bonchev–Trinajstić information content (AvgIpc) is 3.16. The van der Waals surface area contributed by atoms with Crippen molar-refractivity contribution in [3.05, 3.63) is 58.5 Å². The lowest BCUT2D eigenvalue weighted by atomic mass is 10.1. The molecule has 0 radical (unpaired) electrons. The van der Waals surface area contributed by atoms with Gasteiger partial charge in [-0.25, -0.2) is 4.79 Å². The minimum atomic E-state index is -3.73. The van der Waals surface area contributed by atoms with Crippen LogP contribution in [-0.2, 0) is 15.5 Å². The van der Waals surface area contributed by atoms with Crippen molar-refractivity contribution in [1.82, 2.24) is 15.3 Å². The zero-order valence-electron chi connectivity index (χ0n) is 18.6. The molecule has 3 unspecified atom stereocenters. The Morgan fingerprint density at radius 1 is 1.12 bits per heavy atom. The SMILES string of the molecule is CCOP(=O)(O)COc1ccc(CC(C)NCC(O)COc2cccc3[nH]c(=O)[nH]c23)cc1. The second-order valence-corrected chi connectivity index (χ2v) is 9.50. The van der Waals surface area contributed by atoms with Crippen molar-refractivity contribution in [1.29, 1.82) is 0 Å². The van der Waals surface area contributed by atoms with Gasteiger partial charge in [0.25, 0.3) is 0 Å². The number of nitrogens with one attached hydrogen (secondary N) is 3. The van der Waals surface area contributed by atoms with Crippen LogP contribution in [0.4, 0.5) is 0 Å². The Balaban J connectivity index is 1.40. The number of fused-ring (bicyclic) bond motifs is 1. The summed E-state index contributed by atoms with van der Waals surface area (Å²) in [5.41, 5.74) is 1.96. The van der Waals surface area contributed by atoms with Crippen LogP contribution in [0.1, 0.15) is 19.4 Å². The predicted molar refractivity (Wildman–Crippen MR) is 125 cm³/mol. The summed E-state index contributed by atoms with van der Waals surface area (Å²) in [6, 6.07) is 12.6. The summed E-state index contributed by atoms with van der Waals surface area (Å²) in [5, 5.41) is 13.5. The molecule has 0 amide bonds. The first kappa shape index (κ1) is 25.0. The molecule has 1 aromatic heterocycles. The minimum absolute atomic E-state index is 0.0779. The second kappa shape index (κ2) is 11.5. The lowest BCUT2D eigenvalue weighted by Crippen LogP contribution is -2.37.